The molecule has 0 aliphatic carbocycles. The molecular weight excluding hydrogens is 302 g/mol. The maximum Gasteiger partial charge on any atom is 0.178 e. The maximum atomic E-state index is 12.1. The van der Waals surface area contributed by atoms with Gasteiger partial charge in [-0.3, -0.25) is 0 Å². The lowest BCUT2D eigenvalue weighted by Gasteiger charge is -2.30. The third-order valence-corrected chi connectivity index (χ3v) is 5.58. The van der Waals surface area contributed by atoms with Gasteiger partial charge in [-0.05, 0) is 30.3 Å². The monoisotopic (exact) mass is 321 g/mol. The molecule has 1 aromatic carbocycles. The molecule has 1 aliphatic rings. The van der Waals surface area contributed by atoms with E-state index in [0.29, 0.717) is 23.9 Å². The fraction of sp³-hybridized carbons (Fsp3) is 0.375. The third kappa shape index (κ3) is 2.89. The lowest BCUT2D eigenvalue weighted by Crippen LogP contribution is -2.36. The molecule has 3 rings (SSSR count). The number of rotatable bonds is 4. The van der Waals surface area contributed by atoms with Gasteiger partial charge >= 0.3 is 0 Å². The van der Waals surface area contributed by atoms with Gasteiger partial charge in [0, 0.05) is 24.3 Å². The van der Waals surface area contributed by atoms with Crippen molar-refractivity contribution in [1.29, 1.82) is 0 Å². The maximum absolute atomic E-state index is 12.1. The van der Waals surface area contributed by atoms with Gasteiger partial charge in [0.15, 0.2) is 9.84 Å². The van der Waals surface area contributed by atoms with Crippen LogP contribution in [0.15, 0.2) is 45.9 Å². The first-order valence-corrected chi connectivity index (χ1v) is 9.00. The zero-order valence-electron chi connectivity index (χ0n) is 12.5. The molecule has 0 radical (unpaired) electrons. The highest BCUT2D eigenvalue weighted by molar-refractivity contribution is 7.91. The van der Waals surface area contributed by atoms with Gasteiger partial charge in [-0.1, -0.05) is 6.92 Å². The van der Waals surface area contributed by atoms with Crippen molar-refractivity contribution >= 4 is 15.5 Å². The number of hydrogen-bond donors (Lipinski definition) is 0. The highest BCUT2D eigenvalue weighted by Gasteiger charge is 2.20. The summed E-state index contributed by atoms with van der Waals surface area (Å²) in [5.74, 6) is 0.760. The molecule has 0 atom stereocenters. The van der Waals surface area contributed by atoms with E-state index in [1.807, 2.05) is 12.1 Å². The molecule has 6 heteroatoms. The van der Waals surface area contributed by atoms with Crippen LogP contribution in [-0.2, 0) is 14.6 Å². The van der Waals surface area contributed by atoms with E-state index in [-0.39, 0.29) is 5.75 Å². The van der Waals surface area contributed by atoms with Crippen LogP contribution in [0.4, 0.5) is 5.69 Å². The average molecular weight is 321 g/mol. The molecule has 5 nitrogen and oxygen atoms in total. The summed E-state index contributed by atoms with van der Waals surface area (Å²) in [5.41, 5.74) is 1.79. The molecule has 2 aromatic rings. The molecule has 0 saturated carbocycles. The fourth-order valence-corrected chi connectivity index (χ4v) is 3.49. The smallest absolute Gasteiger partial charge is 0.178 e. The minimum Gasteiger partial charge on any atom is -0.464 e. The van der Waals surface area contributed by atoms with E-state index in [4.69, 9.17) is 9.15 Å². The summed E-state index contributed by atoms with van der Waals surface area (Å²) < 4.78 is 35.2. The lowest BCUT2D eigenvalue weighted by atomic mass is 10.1. The molecule has 0 N–H and O–H groups in total. The van der Waals surface area contributed by atoms with Gasteiger partial charge in [0.2, 0.25) is 0 Å². The van der Waals surface area contributed by atoms with Crippen molar-refractivity contribution in [2.24, 2.45) is 0 Å². The quantitative estimate of drug-likeness (QED) is 0.866. The minimum atomic E-state index is -3.24. The SMILES string of the molecule is CCS(=O)(=O)c1ccc(N2CCOCC2)c(-c2ccco2)c1. The van der Waals surface area contributed by atoms with Crippen LogP contribution < -0.4 is 4.90 Å². The summed E-state index contributed by atoms with van der Waals surface area (Å²) in [6.07, 6.45) is 1.60. The van der Waals surface area contributed by atoms with Crippen molar-refractivity contribution in [3.05, 3.63) is 36.6 Å². The van der Waals surface area contributed by atoms with Gasteiger partial charge in [-0.15, -0.1) is 0 Å². The molecule has 0 amide bonds. The highest BCUT2D eigenvalue weighted by Crippen LogP contribution is 2.34. The Balaban J connectivity index is 2.10. The summed E-state index contributed by atoms with van der Waals surface area (Å²) in [7, 11) is -3.24. The van der Waals surface area contributed by atoms with Crippen molar-refractivity contribution in [3.8, 4) is 11.3 Å². The highest BCUT2D eigenvalue weighted by atomic mass is 32.2. The van der Waals surface area contributed by atoms with E-state index >= 15 is 0 Å². The van der Waals surface area contributed by atoms with Gasteiger partial charge in [-0.25, -0.2) is 8.42 Å². The predicted octanol–water partition coefficient (Wildman–Crippen LogP) is 2.58. The van der Waals surface area contributed by atoms with Crippen LogP contribution in [-0.4, -0.2) is 40.5 Å². The Bertz CT molecular complexity index is 732. The largest absolute Gasteiger partial charge is 0.464 e. The molecule has 0 bridgehead atoms. The summed E-state index contributed by atoms with van der Waals surface area (Å²) in [6.45, 7) is 4.57. The van der Waals surface area contributed by atoms with E-state index in [9.17, 15) is 8.42 Å². The standard InChI is InChI=1S/C16H19NO4S/c1-2-22(18,19)13-5-6-15(17-7-10-20-11-8-17)14(12-13)16-4-3-9-21-16/h3-6,9,12H,2,7-8,10-11H2,1H3. The van der Waals surface area contributed by atoms with Crippen LogP contribution in [0.3, 0.4) is 0 Å². The Morgan fingerprint density at radius 1 is 1.18 bits per heavy atom. The predicted molar refractivity (Wildman–Crippen MR) is 84.9 cm³/mol. The molecule has 2 heterocycles. The van der Waals surface area contributed by atoms with Crippen LogP contribution >= 0.6 is 0 Å². The molecule has 118 valence electrons. The minimum absolute atomic E-state index is 0.0848. The zero-order chi connectivity index (χ0) is 15.6. The van der Waals surface area contributed by atoms with Crippen LogP contribution in [0.1, 0.15) is 6.92 Å². The Morgan fingerprint density at radius 3 is 2.59 bits per heavy atom. The molecule has 0 unspecified atom stereocenters. The second-order valence-electron chi connectivity index (χ2n) is 5.16. The van der Waals surface area contributed by atoms with Crippen molar-refractivity contribution in [2.75, 3.05) is 37.0 Å². The van der Waals surface area contributed by atoms with Crippen molar-refractivity contribution in [2.45, 2.75) is 11.8 Å². The van der Waals surface area contributed by atoms with Gasteiger partial charge < -0.3 is 14.1 Å². The lowest BCUT2D eigenvalue weighted by molar-refractivity contribution is 0.122. The second kappa shape index (κ2) is 6.14. The van der Waals surface area contributed by atoms with E-state index in [1.165, 1.54) is 0 Å². The second-order valence-corrected chi connectivity index (χ2v) is 7.44. The number of anilines is 1. The molecule has 1 saturated heterocycles. The van der Waals surface area contributed by atoms with Crippen LogP contribution in [0.5, 0.6) is 0 Å². The number of ether oxygens (including phenoxy) is 1. The number of hydrogen-bond acceptors (Lipinski definition) is 5. The molecular formula is C16H19NO4S. The normalized spacial score (nSPS) is 16.0. The number of nitrogens with zero attached hydrogens (tertiary/aromatic N) is 1. The van der Waals surface area contributed by atoms with Crippen LogP contribution in [0.2, 0.25) is 0 Å². The van der Waals surface area contributed by atoms with E-state index in [0.717, 1.165) is 24.3 Å². The molecule has 1 aromatic heterocycles. The molecule has 1 aliphatic heterocycles. The van der Waals surface area contributed by atoms with Gasteiger partial charge in [0.25, 0.3) is 0 Å². The van der Waals surface area contributed by atoms with Crippen LogP contribution in [0, 0.1) is 0 Å². The van der Waals surface area contributed by atoms with Crippen LogP contribution in [0.25, 0.3) is 11.3 Å². The van der Waals surface area contributed by atoms with Gasteiger partial charge in [0.05, 0.1) is 30.1 Å². The topological polar surface area (TPSA) is 59.8 Å². The van der Waals surface area contributed by atoms with Crippen molar-refractivity contribution in [3.63, 3.8) is 0 Å². The first-order chi connectivity index (χ1) is 10.6. The number of sulfone groups is 1. The first kappa shape index (κ1) is 15.1. The number of benzene rings is 1. The first-order valence-electron chi connectivity index (χ1n) is 7.35. The Hall–Kier alpha value is -1.79. The van der Waals surface area contributed by atoms with E-state index in [2.05, 4.69) is 4.90 Å². The summed E-state index contributed by atoms with van der Waals surface area (Å²) in [4.78, 5) is 2.53. The Kier molecular flexibility index (Phi) is 4.22. The number of morpholine rings is 1. The summed E-state index contributed by atoms with van der Waals surface area (Å²) in [5, 5.41) is 0. The fourth-order valence-electron chi connectivity index (χ4n) is 2.58. The Morgan fingerprint density at radius 2 is 1.95 bits per heavy atom. The summed E-state index contributed by atoms with van der Waals surface area (Å²) >= 11 is 0. The molecule has 0 spiro atoms. The zero-order valence-corrected chi connectivity index (χ0v) is 13.3. The third-order valence-electron chi connectivity index (χ3n) is 3.85. The molecule has 22 heavy (non-hydrogen) atoms. The van der Waals surface area contributed by atoms with E-state index in [1.54, 1.807) is 31.4 Å². The van der Waals surface area contributed by atoms with Crippen molar-refractivity contribution < 1.29 is 17.6 Å². The van der Waals surface area contributed by atoms with Gasteiger partial charge in [0.1, 0.15) is 5.76 Å². The van der Waals surface area contributed by atoms with E-state index < -0.39 is 9.84 Å². The number of furan rings is 1. The van der Waals surface area contributed by atoms with Crippen molar-refractivity contribution in [1.82, 2.24) is 0 Å². The van der Waals surface area contributed by atoms with Gasteiger partial charge in [-0.2, -0.15) is 0 Å². The Labute approximate surface area is 130 Å². The molecule has 1 fully saturated rings. The average Bonchev–Trinajstić information content (AvgIpc) is 3.09. The summed E-state index contributed by atoms with van der Waals surface area (Å²) in [6, 6.07) is 8.91.